The number of fused-ring (bicyclic) bond motifs is 1. The average Bonchev–Trinajstić information content (AvgIpc) is 3.13. The van der Waals surface area contributed by atoms with Crippen LogP contribution in [0.5, 0.6) is 5.75 Å². The Morgan fingerprint density at radius 1 is 1.07 bits per heavy atom. The number of methoxy groups -OCH3 is 1. The van der Waals surface area contributed by atoms with Crippen molar-refractivity contribution in [3.8, 4) is 5.75 Å². The normalized spacial score (nSPS) is 14.8. The van der Waals surface area contributed by atoms with Crippen molar-refractivity contribution in [2.75, 3.05) is 44.2 Å². The van der Waals surface area contributed by atoms with E-state index in [4.69, 9.17) is 19.4 Å². The van der Waals surface area contributed by atoms with Crippen molar-refractivity contribution in [2.24, 2.45) is 0 Å². The molecule has 0 fully saturated rings. The molecule has 0 aromatic heterocycles. The van der Waals surface area contributed by atoms with Crippen LogP contribution in [0.15, 0.2) is 42.5 Å². The van der Waals surface area contributed by atoms with E-state index in [-0.39, 0.29) is 6.17 Å². The molecule has 0 saturated carbocycles. The summed E-state index contributed by atoms with van der Waals surface area (Å²) in [5.41, 5.74) is 4.59. The van der Waals surface area contributed by atoms with E-state index in [1.54, 1.807) is 30.8 Å². The second kappa shape index (κ2) is 9.22. The molecule has 0 radical (unpaired) electrons. The Hall–Kier alpha value is -2.81. The van der Waals surface area contributed by atoms with Crippen LogP contribution in [-0.2, 0) is 9.47 Å². The Kier molecular flexibility index (Phi) is 6.48. The minimum atomic E-state index is -0.555. The molecule has 0 bridgehead atoms. The maximum Gasteiger partial charge on any atom is 0.274 e. The predicted octanol–water partition coefficient (Wildman–Crippen LogP) is 2.38. The van der Waals surface area contributed by atoms with Crippen LogP contribution in [0.3, 0.4) is 0 Å². The minimum absolute atomic E-state index is 0.196. The number of ether oxygens (including phenoxy) is 3. The molecule has 1 amide bonds. The number of nitrogens with one attached hydrogen (secondary N) is 3. The first-order valence-corrected chi connectivity index (χ1v) is 8.63. The van der Waals surface area contributed by atoms with Gasteiger partial charge in [-0.05, 0) is 24.3 Å². The number of rotatable bonds is 9. The number of amides is 1. The molecule has 1 unspecified atom stereocenters. The van der Waals surface area contributed by atoms with E-state index < -0.39 is 5.91 Å². The number of anilines is 2. The number of benzene rings is 2. The highest BCUT2D eigenvalue weighted by Crippen LogP contribution is 2.38. The van der Waals surface area contributed by atoms with Crippen LogP contribution in [0, 0.1) is 0 Å². The van der Waals surface area contributed by atoms with Gasteiger partial charge in [-0.3, -0.25) is 10.0 Å². The van der Waals surface area contributed by atoms with E-state index in [2.05, 4.69) is 10.6 Å². The van der Waals surface area contributed by atoms with Crippen molar-refractivity contribution >= 4 is 17.3 Å². The quantitative estimate of drug-likeness (QED) is 0.304. The summed E-state index contributed by atoms with van der Waals surface area (Å²) in [7, 11) is 1.63. The Morgan fingerprint density at radius 3 is 2.67 bits per heavy atom. The molecule has 144 valence electrons. The Balaban J connectivity index is 1.64. The molecule has 0 aliphatic carbocycles. The number of para-hydroxylation sites is 1. The molecule has 1 heterocycles. The molecule has 0 spiro atoms. The van der Waals surface area contributed by atoms with Crippen molar-refractivity contribution < 1.29 is 24.2 Å². The van der Waals surface area contributed by atoms with Gasteiger partial charge < -0.3 is 24.8 Å². The van der Waals surface area contributed by atoms with E-state index in [0.717, 1.165) is 22.7 Å². The average molecular weight is 373 g/mol. The van der Waals surface area contributed by atoms with Gasteiger partial charge in [0, 0.05) is 18.2 Å². The summed E-state index contributed by atoms with van der Waals surface area (Å²) >= 11 is 0. The Labute approximate surface area is 157 Å². The molecular weight excluding hydrogens is 350 g/mol. The number of carbonyl (C=O) groups is 1. The van der Waals surface area contributed by atoms with Gasteiger partial charge in [0.25, 0.3) is 5.91 Å². The molecule has 8 heteroatoms. The summed E-state index contributed by atoms with van der Waals surface area (Å²) in [6, 6.07) is 12.8. The van der Waals surface area contributed by atoms with Gasteiger partial charge in [-0.15, -0.1) is 0 Å². The van der Waals surface area contributed by atoms with Crippen LogP contribution in [0.25, 0.3) is 0 Å². The SMILES string of the molecule is COCCOCCOc1ccccc1C1Nc2ccc(C(=O)NO)cc2N1. The van der Waals surface area contributed by atoms with Crippen molar-refractivity contribution in [2.45, 2.75) is 6.17 Å². The van der Waals surface area contributed by atoms with Crippen LogP contribution >= 0.6 is 0 Å². The summed E-state index contributed by atoms with van der Waals surface area (Å²) in [5.74, 6) is 0.194. The van der Waals surface area contributed by atoms with Gasteiger partial charge in [0.15, 0.2) is 0 Å². The molecule has 27 heavy (non-hydrogen) atoms. The largest absolute Gasteiger partial charge is 0.491 e. The van der Waals surface area contributed by atoms with Crippen LogP contribution in [0.1, 0.15) is 22.1 Å². The van der Waals surface area contributed by atoms with Crippen molar-refractivity contribution in [3.63, 3.8) is 0 Å². The number of hydroxylamine groups is 1. The number of carbonyl (C=O) groups excluding carboxylic acids is 1. The molecule has 1 atom stereocenters. The molecule has 8 nitrogen and oxygen atoms in total. The Morgan fingerprint density at radius 2 is 1.85 bits per heavy atom. The maximum atomic E-state index is 11.6. The smallest absolute Gasteiger partial charge is 0.274 e. The lowest BCUT2D eigenvalue weighted by Crippen LogP contribution is -2.18. The number of hydrogen-bond donors (Lipinski definition) is 4. The molecule has 1 aliphatic heterocycles. The fourth-order valence-corrected chi connectivity index (χ4v) is 2.80. The zero-order chi connectivity index (χ0) is 19.1. The zero-order valence-electron chi connectivity index (χ0n) is 15.0. The Bertz CT molecular complexity index is 784. The van der Waals surface area contributed by atoms with Gasteiger partial charge in [0.2, 0.25) is 0 Å². The molecule has 3 rings (SSSR count). The molecular formula is C19H23N3O5. The molecule has 1 aliphatic rings. The van der Waals surface area contributed by atoms with E-state index >= 15 is 0 Å². The second-order valence-corrected chi connectivity index (χ2v) is 5.91. The summed E-state index contributed by atoms with van der Waals surface area (Å²) < 4.78 is 16.2. The first-order chi connectivity index (χ1) is 13.2. The lowest BCUT2D eigenvalue weighted by Gasteiger charge is -2.17. The minimum Gasteiger partial charge on any atom is -0.491 e. The summed E-state index contributed by atoms with van der Waals surface area (Å²) in [6.45, 7) is 2.00. The van der Waals surface area contributed by atoms with E-state index in [1.165, 1.54) is 0 Å². The van der Waals surface area contributed by atoms with Gasteiger partial charge in [-0.25, -0.2) is 5.48 Å². The molecule has 2 aromatic rings. The van der Waals surface area contributed by atoms with E-state index in [0.29, 0.717) is 32.0 Å². The standard InChI is InChI=1S/C19H23N3O5/c1-25-8-9-26-10-11-27-17-5-3-2-4-14(17)18-20-15-7-6-13(19(23)22-24)12-16(15)21-18/h2-7,12,18,20-21,24H,8-11H2,1H3,(H,22,23). The fourth-order valence-electron chi connectivity index (χ4n) is 2.80. The zero-order valence-corrected chi connectivity index (χ0v) is 15.0. The number of hydrogen-bond acceptors (Lipinski definition) is 7. The molecule has 4 N–H and O–H groups in total. The highest BCUT2D eigenvalue weighted by Gasteiger charge is 2.24. The summed E-state index contributed by atoms with van der Waals surface area (Å²) in [4.78, 5) is 11.6. The van der Waals surface area contributed by atoms with Crippen LogP contribution < -0.4 is 20.9 Å². The van der Waals surface area contributed by atoms with Gasteiger partial charge in [-0.1, -0.05) is 18.2 Å². The van der Waals surface area contributed by atoms with E-state index in [9.17, 15) is 4.79 Å². The van der Waals surface area contributed by atoms with Gasteiger partial charge in [-0.2, -0.15) is 0 Å². The molecule has 0 saturated heterocycles. The highest BCUT2D eigenvalue weighted by molar-refractivity contribution is 5.96. The lowest BCUT2D eigenvalue weighted by atomic mass is 10.1. The first kappa shape index (κ1) is 19.0. The van der Waals surface area contributed by atoms with Crippen LogP contribution in [0.2, 0.25) is 0 Å². The van der Waals surface area contributed by atoms with Crippen molar-refractivity contribution in [1.82, 2.24) is 5.48 Å². The van der Waals surface area contributed by atoms with Gasteiger partial charge in [0.1, 0.15) is 18.5 Å². The highest BCUT2D eigenvalue weighted by atomic mass is 16.5. The van der Waals surface area contributed by atoms with Crippen LogP contribution in [0.4, 0.5) is 11.4 Å². The third kappa shape index (κ3) is 4.68. The predicted molar refractivity (Wildman–Crippen MR) is 100 cm³/mol. The van der Waals surface area contributed by atoms with Gasteiger partial charge >= 0.3 is 0 Å². The van der Waals surface area contributed by atoms with Gasteiger partial charge in [0.05, 0.1) is 31.2 Å². The second-order valence-electron chi connectivity index (χ2n) is 5.91. The third-order valence-corrected chi connectivity index (χ3v) is 4.13. The summed E-state index contributed by atoms with van der Waals surface area (Å²) in [5, 5.41) is 15.5. The topological polar surface area (TPSA) is 101 Å². The van der Waals surface area contributed by atoms with Crippen LogP contribution in [-0.4, -0.2) is 44.7 Å². The summed E-state index contributed by atoms with van der Waals surface area (Å²) in [6.07, 6.45) is -0.196. The van der Waals surface area contributed by atoms with Crippen molar-refractivity contribution in [3.05, 3.63) is 53.6 Å². The van der Waals surface area contributed by atoms with Crippen molar-refractivity contribution in [1.29, 1.82) is 0 Å². The molecule has 2 aromatic carbocycles. The van der Waals surface area contributed by atoms with E-state index in [1.807, 2.05) is 24.3 Å². The lowest BCUT2D eigenvalue weighted by molar-refractivity contribution is 0.0542. The third-order valence-electron chi connectivity index (χ3n) is 4.13. The monoisotopic (exact) mass is 373 g/mol. The fraction of sp³-hybridized carbons (Fsp3) is 0.316. The maximum absolute atomic E-state index is 11.6. The first-order valence-electron chi connectivity index (χ1n) is 8.63.